The summed E-state index contributed by atoms with van der Waals surface area (Å²) in [5.74, 6) is -1.92. The Balaban J connectivity index is 1.60. The van der Waals surface area contributed by atoms with Crippen LogP contribution in [0.15, 0.2) is 53.4 Å². The Hall–Kier alpha value is -2.95. The lowest BCUT2D eigenvalue weighted by Crippen LogP contribution is -2.45. The van der Waals surface area contributed by atoms with Gasteiger partial charge in [0, 0.05) is 5.02 Å². The summed E-state index contributed by atoms with van der Waals surface area (Å²) in [4.78, 5) is 37.6. The molecule has 1 aliphatic heterocycles. The third kappa shape index (κ3) is 4.96. The number of carbonyl (C=O) groups excluding carboxylic acids is 3. The normalized spacial score (nSPS) is 14.5. The Morgan fingerprint density at radius 1 is 1.20 bits per heavy atom. The van der Waals surface area contributed by atoms with E-state index in [-0.39, 0.29) is 17.3 Å². The summed E-state index contributed by atoms with van der Waals surface area (Å²) in [6.45, 7) is 0.434. The fourth-order valence-corrected chi connectivity index (χ4v) is 4.07. The summed E-state index contributed by atoms with van der Waals surface area (Å²) < 4.78 is 31.8. The monoisotopic (exact) mass is 451 g/mol. The number of nitrogens with zero attached hydrogens (tertiary/aromatic N) is 1. The van der Waals surface area contributed by atoms with Crippen molar-refractivity contribution >= 4 is 50.8 Å². The Bertz CT molecular complexity index is 1090. The van der Waals surface area contributed by atoms with Gasteiger partial charge in [0.2, 0.25) is 15.9 Å². The van der Waals surface area contributed by atoms with Crippen LogP contribution in [0.4, 0.5) is 11.4 Å². The largest absolute Gasteiger partial charge is 0.454 e. The number of benzene rings is 2. The highest BCUT2D eigenvalue weighted by atomic mass is 35.5. The molecule has 0 fully saturated rings. The molecule has 11 heteroatoms. The Morgan fingerprint density at radius 3 is 2.57 bits per heavy atom. The predicted octanol–water partition coefficient (Wildman–Crippen LogP) is 1.54. The molecule has 158 valence electrons. The number of anilines is 2. The van der Waals surface area contributed by atoms with Crippen molar-refractivity contribution in [2.75, 3.05) is 23.4 Å². The maximum absolute atomic E-state index is 12.5. The molecule has 0 aliphatic carbocycles. The molecule has 0 unspecified atom stereocenters. The quantitative estimate of drug-likeness (QED) is 0.642. The number of nitrogens with one attached hydrogen (secondary N) is 2. The lowest BCUT2D eigenvalue weighted by atomic mass is 10.2. The Labute approximate surface area is 178 Å². The van der Waals surface area contributed by atoms with E-state index >= 15 is 0 Å². The lowest BCUT2D eigenvalue weighted by Gasteiger charge is -2.29. The van der Waals surface area contributed by atoms with Crippen LogP contribution in [0.1, 0.15) is 6.92 Å². The summed E-state index contributed by atoms with van der Waals surface area (Å²) in [5, 5.41) is 3.02. The molecule has 0 radical (unpaired) electrons. The molecule has 3 rings (SSSR count). The third-order valence-electron chi connectivity index (χ3n) is 4.22. The molecule has 0 saturated heterocycles. The first-order chi connectivity index (χ1) is 14.2. The van der Waals surface area contributed by atoms with Crippen LogP contribution in [0.2, 0.25) is 5.02 Å². The molecule has 0 saturated carbocycles. The van der Waals surface area contributed by atoms with Gasteiger partial charge in [0.25, 0.3) is 5.91 Å². The van der Waals surface area contributed by atoms with Crippen molar-refractivity contribution in [2.24, 2.45) is 0 Å². The number of esters is 1. The number of hydrogen-bond acceptors (Lipinski definition) is 6. The van der Waals surface area contributed by atoms with Gasteiger partial charge in [-0.15, -0.1) is 0 Å². The molecular weight excluding hydrogens is 434 g/mol. The summed E-state index contributed by atoms with van der Waals surface area (Å²) in [6, 6.07) is 10.9. The first-order valence-corrected chi connectivity index (χ1v) is 10.7. The van der Waals surface area contributed by atoms with Crippen LogP contribution in [-0.4, -0.2) is 45.4 Å². The molecule has 2 amide bonds. The molecule has 9 nitrogen and oxygen atoms in total. The van der Waals surface area contributed by atoms with Gasteiger partial charge in [-0.2, -0.15) is 4.72 Å². The highest BCUT2D eigenvalue weighted by Crippen LogP contribution is 2.28. The number of ether oxygens (including phenoxy) is 1. The Morgan fingerprint density at radius 2 is 1.87 bits per heavy atom. The van der Waals surface area contributed by atoms with Crippen molar-refractivity contribution in [2.45, 2.75) is 17.9 Å². The van der Waals surface area contributed by atoms with Crippen molar-refractivity contribution in [3.05, 3.63) is 53.6 Å². The van der Waals surface area contributed by atoms with Crippen LogP contribution in [0.5, 0.6) is 0 Å². The number of rotatable bonds is 6. The van der Waals surface area contributed by atoms with Crippen molar-refractivity contribution < 1.29 is 27.5 Å². The second-order valence-corrected chi connectivity index (χ2v) is 8.60. The fraction of sp³-hybridized carbons (Fsp3) is 0.211. The number of hydrogen-bond donors (Lipinski definition) is 2. The van der Waals surface area contributed by atoms with Crippen LogP contribution in [0.3, 0.4) is 0 Å². The second-order valence-electron chi connectivity index (χ2n) is 6.45. The molecule has 2 N–H and O–H groups in total. The van der Waals surface area contributed by atoms with Gasteiger partial charge >= 0.3 is 5.97 Å². The minimum atomic E-state index is -3.99. The number of amides is 2. The van der Waals surface area contributed by atoms with Gasteiger partial charge in [-0.1, -0.05) is 23.7 Å². The van der Waals surface area contributed by atoms with E-state index in [9.17, 15) is 22.8 Å². The van der Waals surface area contributed by atoms with E-state index in [4.69, 9.17) is 16.3 Å². The molecule has 0 bridgehead atoms. The van der Waals surface area contributed by atoms with Crippen molar-refractivity contribution in [1.82, 2.24) is 4.72 Å². The molecule has 1 atom stereocenters. The molecule has 1 aliphatic rings. The van der Waals surface area contributed by atoms with Crippen molar-refractivity contribution in [3.8, 4) is 0 Å². The van der Waals surface area contributed by atoms with Crippen LogP contribution in [0, 0.1) is 0 Å². The summed E-state index contributed by atoms with van der Waals surface area (Å²) in [5.41, 5.74) is 0.951. The smallest absolute Gasteiger partial charge is 0.324 e. The van der Waals surface area contributed by atoms with Gasteiger partial charge in [-0.25, -0.2) is 8.42 Å². The van der Waals surface area contributed by atoms with Crippen LogP contribution in [-0.2, 0) is 29.1 Å². The predicted molar refractivity (Wildman–Crippen MR) is 110 cm³/mol. The number of fused-ring (bicyclic) bond motifs is 1. The van der Waals surface area contributed by atoms with Gasteiger partial charge in [0.05, 0.1) is 16.3 Å². The number of carbonyl (C=O) groups is 3. The number of sulfonamides is 1. The van der Waals surface area contributed by atoms with Crippen LogP contribution < -0.4 is 14.9 Å². The third-order valence-corrected chi connectivity index (χ3v) is 6.03. The van der Waals surface area contributed by atoms with Crippen molar-refractivity contribution in [3.63, 3.8) is 0 Å². The lowest BCUT2D eigenvalue weighted by molar-refractivity contribution is -0.149. The van der Waals surface area contributed by atoms with E-state index in [0.717, 1.165) is 0 Å². The minimum Gasteiger partial charge on any atom is -0.454 e. The van der Waals surface area contributed by atoms with Gasteiger partial charge in [0.15, 0.2) is 6.61 Å². The highest BCUT2D eigenvalue weighted by Gasteiger charge is 2.28. The summed E-state index contributed by atoms with van der Waals surface area (Å²) >= 11 is 5.74. The molecule has 2 aromatic carbocycles. The highest BCUT2D eigenvalue weighted by molar-refractivity contribution is 7.89. The average Bonchev–Trinajstić information content (AvgIpc) is 2.71. The van der Waals surface area contributed by atoms with E-state index in [0.29, 0.717) is 16.4 Å². The zero-order valence-electron chi connectivity index (χ0n) is 15.8. The van der Waals surface area contributed by atoms with E-state index in [1.54, 1.807) is 24.3 Å². The van der Waals surface area contributed by atoms with Crippen molar-refractivity contribution in [1.29, 1.82) is 0 Å². The zero-order chi connectivity index (χ0) is 21.9. The molecule has 0 aromatic heterocycles. The molecular formula is C19H18ClN3O6S. The first-order valence-electron chi connectivity index (χ1n) is 8.81. The SMILES string of the molecule is C[C@H](NS(=O)(=O)c1ccc(Cl)cc1)C(=O)OCC(=O)N1CC(=O)Nc2ccccc21. The number of halogens is 1. The standard InChI is InChI=1S/C19H18ClN3O6S/c1-12(22-30(27,28)14-8-6-13(20)7-9-14)19(26)29-11-18(25)23-10-17(24)21-15-4-2-3-5-16(15)23/h2-9,12,22H,10-11H2,1H3,(H,21,24)/t12-/m0/s1. The molecule has 2 aromatic rings. The van der Waals surface area contributed by atoms with Gasteiger partial charge in [0.1, 0.15) is 12.6 Å². The minimum absolute atomic E-state index is 0.0708. The topological polar surface area (TPSA) is 122 Å². The van der Waals surface area contributed by atoms with Crippen LogP contribution in [0.25, 0.3) is 0 Å². The van der Waals surface area contributed by atoms with Gasteiger partial charge in [-0.3, -0.25) is 19.3 Å². The first kappa shape index (κ1) is 21.8. The molecule has 1 heterocycles. The maximum Gasteiger partial charge on any atom is 0.324 e. The summed E-state index contributed by atoms with van der Waals surface area (Å²) in [6.07, 6.45) is 0. The Kier molecular flexibility index (Phi) is 6.40. The fourth-order valence-electron chi connectivity index (χ4n) is 2.75. The molecule has 30 heavy (non-hydrogen) atoms. The second kappa shape index (κ2) is 8.82. The van der Waals surface area contributed by atoms with Gasteiger partial charge < -0.3 is 10.1 Å². The maximum atomic E-state index is 12.5. The zero-order valence-corrected chi connectivity index (χ0v) is 17.4. The van der Waals surface area contributed by atoms with Crippen LogP contribution >= 0.6 is 11.6 Å². The van der Waals surface area contributed by atoms with E-state index < -0.39 is 34.5 Å². The van der Waals surface area contributed by atoms with E-state index in [1.165, 1.54) is 36.1 Å². The van der Waals surface area contributed by atoms with Gasteiger partial charge in [-0.05, 0) is 43.3 Å². The molecule has 0 spiro atoms. The summed E-state index contributed by atoms with van der Waals surface area (Å²) in [7, 11) is -3.99. The average molecular weight is 452 g/mol. The van der Waals surface area contributed by atoms with E-state index in [2.05, 4.69) is 10.0 Å². The number of para-hydroxylation sites is 2. The van der Waals surface area contributed by atoms with E-state index in [1.807, 2.05) is 0 Å².